The van der Waals surface area contributed by atoms with Crippen molar-refractivity contribution >= 4 is 54.7 Å². The number of rotatable bonds is 6. The Hall–Kier alpha value is -8.16. The van der Waals surface area contributed by atoms with Crippen LogP contribution in [0.1, 0.15) is 0 Å². The van der Waals surface area contributed by atoms with E-state index in [1.165, 1.54) is 0 Å². The summed E-state index contributed by atoms with van der Waals surface area (Å²) in [6.45, 7) is 0. The molecule has 7 heteroatoms. The summed E-state index contributed by atoms with van der Waals surface area (Å²) in [6, 6.07) is 66.8. The van der Waals surface area contributed by atoms with Gasteiger partial charge in [-0.15, -0.1) is 0 Å². The van der Waals surface area contributed by atoms with Gasteiger partial charge in [0.2, 0.25) is 11.8 Å². The van der Waals surface area contributed by atoms with E-state index >= 15 is 0 Å². The predicted molar refractivity (Wildman–Crippen MR) is 238 cm³/mol. The second kappa shape index (κ2) is 13.2. The molecular formula is C52H32N6O. The lowest BCUT2D eigenvalue weighted by atomic mass is 10.0. The van der Waals surface area contributed by atoms with Gasteiger partial charge in [0.25, 0.3) is 0 Å². The third kappa shape index (κ3) is 5.29. The highest BCUT2D eigenvalue weighted by molar-refractivity contribution is 6.24. The van der Waals surface area contributed by atoms with Crippen molar-refractivity contribution in [2.45, 2.75) is 0 Å². The molecule has 4 heterocycles. The summed E-state index contributed by atoms with van der Waals surface area (Å²) < 4.78 is 11.2. The second-order valence-corrected chi connectivity index (χ2v) is 14.7. The van der Waals surface area contributed by atoms with Gasteiger partial charge in [0.15, 0.2) is 17.2 Å². The van der Waals surface area contributed by atoms with Gasteiger partial charge < -0.3 is 8.98 Å². The average Bonchev–Trinajstić information content (AvgIpc) is 4.01. The van der Waals surface area contributed by atoms with Crippen molar-refractivity contribution in [2.24, 2.45) is 0 Å². The van der Waals surface area contributed by atoms with Crippen molar-refractivity contribution in [1.29, 1.82) is 0 Å². The molecule has 12 rings (SSSR count). The molecule has 0 atom stereocenters. The number of aromatic nitrogens is 6. The molecule has 276 valence electrons. The summed E-state index contributed by atoms with van der Waals surface area (Å²) in [5.41, 5.74) is 11.4. The van der Waals surface area contributed by atoms with Gasteiger partial charge in [0.05, 0.1) is 27.8 Å². The molecule has 0 fully saturated rings. The molecule has 0 aliphatic carbocycles. The molecule has 0 aliphatic rings. The molecule has 0 spiro atoms. The van der Waals surface area contributed by atoms with Crippen molar-refractivity contribution in [3.63, 3.8) is 0 Å². The first kappa shape index (κ1) is 33.0. The predicted octanol–water partition coefficient (Wildman–Crippen LogP) is 12.9. The summed E-state index contributed by atoms with van der Waals surface area (Å²) in [4.78, 5) is 20.7. The van der Waals surface area contributed by atoms with Crippen LogP contribution < -0.4 is 0 Å². The monoisotopic (exact) mass is 756 g/mol. The third-order valence-electron chi connectivity index (χ3n) is 11.2. The smallest absolute Gasteiger partial charge is 0.238 e. The fourth-order valence-corrected chi connectivity index (χ4v) is 8.53. The number of oxazole rings is 1. The fourth-order valence-electron chi connectivity index (χ4n) is 8.53. The maximum atomic E-state index is 6.69. The van der Waals surface area contributed by atoms with Crippen LogP contribution in [0.2, 0.25) is 0 Å². The minimum Gasteiger partial charge on any atom is -0.434 e. The van der Waals surface area contributed by atoms with Crippen LogP contribution in [0.5, 0.6) is 0 Å². The van der Waals surface area contributed by atoms with Crippen LogP contribution in [0.3, 0.4) is 0 Å². The quantitative estimate of drug-likeness (QED) is 0.169. The van der Waals surface area contributed by atoms with E-state index in [0.717, 1.165) is 82.6 Å². The molecule has 0 amide bonds. The Balaban J connectivity index is 1.17. The van der Waals surface area contributed by atoms with Gasteiger partial charge in [-0.25, -0.2) is 9.97 Å². The van der Waals surface area contributed by atoms with Crippen LogP contribution in [-0.4, -0.2) is 29.1 Å². The topological polar surface area (TPSA) is 74.6 Å². The molecule has 7 nitrogen and oxygen atoms in total. The van der Waals surface area contributed by atoms with E-state index in [-0.39, 0.29) is 0 Å². The minimum atomic E-state index is 0.528. The Morgan fingerprint density at radius 2 is 0.831 bits per heavy atom. The van der Waals surface area contributed by atoms with E-state index in [9.17, 15) is 0 Å². The first-order valence-electron chi connectivity index (χ1n) is 19.7. The second-order valence-electron chi connectivity index (χ2n) is 14.7. The van der Waals surface area contributed by atoms with Gasteiger partial charge in [0.1, 0.15) is 5.52 Å². The first-order chi connectivity index (χ1) is 29.3. The van der Waals surface area contributed by atoms with E-state index in [1.807, 2.05) is 72.8 Å². The SMILES string of the molecule is c1ccc(-c2ccc(-c3nc(-c4ccccc4)nc(-n4c5ccccc5c5ccc6c7ccccc7n(-c7cccc8nc(-c9ccccc9)oc78)c6c54)n3)cc2)cc1. The zero-order valence-corrected chi connectivity index (χ0v) is 31.6. The third-order valence-corrected chi connectivity index (χ3v) is 11.2. The highest BCUT2D eigenvalue weighted by atomic mass is 16.3. The summed E-state index contributed by atoms with van der Waals surface area (Å²) >= 11 is 0. The van der Waals surface area contributed by atoms with Gasteiger partial charge in [-0.05, 0) is 47.5 Å². The fraction of sp³-hybridized carbons (Fsp3) is 0. The molecule has 59 heavy (non-hydrogen) atoms. The zero-order valence-electron chi connectivity index (χ0n) is 31.6. The number of benzene rings is 8. The van der Waals surface area contributed by atoms with Crippen LogP contribution in [-0.2, 0) is 0 Å². The van der Waals surface area contributed by atoms with Gasteiger partial charge in [-0.3, -0.25) is 4.57 Å². The van der Waals surface area contributed by atoms with Crippen LogP contribution >= 0.6 is 0 Å². The number of nitrogens with zero attached hydrogens (tertiary/aromatic N) is 6. The summed E-state index contributed by atoms with van der Waals surface area (Å²) in [5.74, 6) is 2.29. The highest BCUT2D eigenvalue weighted by Gasteiger charge is 2.25. The average molecular weight is 757 g/mol. The minimum absolute atomic E-state index is 0.528. The lowest BCUT2D eigenvalue weighted by Gasteiger charge is -2.13. The number of fused-ring (bicyclic) bond motifs is 8. The molecule has 8 aromatic carbocycles. The Bertz CT molecular complexity index is 3530. The van der Waals surface area contributed by atoms with Crippen LogP contribution in [0.4, 0.5) is 0 Å². The maximum absolute atomic E-state index is 6.69. The van der Waals surface area contributed by atoms with E-state index in [2.05, 4.69) is 130 Å². The molecule has 0 radical (unpaired) electrons. The van der Waals surface area contributed by atoms with Crippen LogP contribution in [0, 0.1) is 0 Å². The standard InChI is InChI=1S/C52H32N6O/c1-4-15-33(16-5-1)34-27-29-36(30-28-34)50-54-49(35-17-6-2-7-18-35)55-52(56-50)58-44-25-13-11-22-39(44)41-32-31-40-38-21-10-12-24-43(38)57(46(40)47(41)58)45-26-14-23-42-48(45)59-51(53-42)37-19-8-3-9-20-37/h1-32H. The van der Waals surface area contributed by atoms with Crippen molar-refractivity contribution in [3.05, 3.63) is 194 Å². The van der Waals surface area contributed by atoms with E-state index < -0.39 is 0 Å². The Kier molecular flexibility index (Phi) is 7.40. The summed E-state index contributed by atoms with van der Waals surface area (Å²) in [5, 5.41) is 4.41. The molecule has 0 N–H and O–H groups in total. The van der Waals surface area contributed by atoms with Crippen molar-refractivity contribution < 1.29 is 4.42 Å². The molecule has 4 aromatic heterocycles. The Labute approximate surface area is 338 Å². The molecule has 0 saturated heterocycles. The van der Waals surface area contributed by atoms with E-state index in [1.54, 1.807) is 0 Å². The van der Waals surface area contributed by atoms with Crippen LogP contribution in [0.25, 0.3) is 112 Å². The van der Waals surface area contributed by atoms with Crippen LogP contribution in [0.15, 0.2) is 199 Å². The lowest BCUT2D eigenvalue weighted by Crippen LogP contribution is -2.07. The number of hydrogen-bond acceptors (Lipinski definition) is 5. The Morgan fingerprint density at radius 3 is 1.47 bits per heavy atom. The van der Waals surface area contributed by atoms with E-state index in [4.69, 9.17) is 24.4 Å². The molecule has 0 unspecified atom stereocenters. The number of para-hydroxylation sites is 3. The van der Waals surface area contributed by atoms with Gasteiger partial charge >= 0.3 is 0 Å². The maximum Gasteiger partial charge on any atom is 0.238 e. The summed E-state index contributed by atoms with van der Waals surface area (Å²) in [6.07, 6.45) is 0. The highest BCUT2D eigenvalue weighted by Crippen LogP contribution is 2.43. The van der Waals surface area contributed by atoms with Gasteiger partial charge in [0, 0.05) is 38.2 Å². The number of hydrogen-bond donors (Lipinski definition) is 0. The first-order valence-corrected chi connectivity index (χ1v) is 19.7. The van der Waals surface area contributed by atoms with Gasteiger partial charge in [-0.1, -0.05) is 158 Å². The van der Waals surface area contributed by atoms with Crippen molar-refractivity contribution in [3.8, 4) is 57.0 Å². The van der Waals surface area contributed by atoms with E-state index in [0.29, 0.717) is 29.1 Å². The molecule has 0 bridgehead atoms. The Morgan fingerprint density at radius 1 is 0.339 bits per heavy atom. The van der Waals surface area contributed by atoms with Crippen molar-refractivity contribution in [2.75, 3.05) is 0 Å². The lowest BCUT2D eigenvalue weighted by molar-refractivity contribution is 0.618. The molecule has 12 aromatic rings. The largest absolute Gasteiger partial charge is 0.434 e. The van der Waals surface area contributed by atoms with Crippen molar-refractivity contribution in [1.82, 2.24) is 29.1 Å². The van der Waals surface area contributed by atoms with Gasteiger partial charge in [-0.2, -0.15) is 9.97 Å². The zero-order chi connectivity index (χ0) is 38.9. The molecule has 0 aliphatic heterocycles. The molecular weight excluding hydrogens is 725 g/mol. The summed E-state index contributed by atoms with van der Waals surface area (Å²) in [7, 11) is 0. The molecule has 0 saturated carbocycles. The normalized spacial score (nSPS) is 11.7.